The van der Waals surface area contributed by atoms with Crippen LogP contribution in [-0.4, -0.2) is 19.8 Å². The van der Waals surface area contributed by atoms with Gasteiger partial charge in [0.1, 0.15) is 0 Å². The van der Waals surface area contributed by atoms with E-state index in [0.717, 1.165) is 31.3 Å². The fourth-order valence-corrected chi connectivity index (χ4v) is 3.19. The molecule has 0 radical (unpaired) electrons. The molecule has 102 valence electrons. The van der Waals surface area contributed by atoms with Gasteiger partial charge in [-0.05, 0) is 56.8 Å². The highest BCUT2D eigenvalue weighted by Crippen LogP contribution is 2.49. The second-order valence-corrected chi connectivity index (χ2v) is 6.60. The van der Waals surface area contributed by atoms with Gasteiger partial charge >= 0.3 is 0 Å². The lowest BCUT2D eigenvalue weighted by Gasteiger charge is -2.25. The predicted octanol–water partition coefficient (Wildman–Crippen LogP) is 2.84. The number of rotatable bonds is 1. The molecule has 1 N–H and O–H groups in total. The fourth-order valence-electron chi connectivity index (χ4n) is 3.19. The van der Waals surface area contributed by atoms with Crippen LogP contribution in [0.15, 0.2) is 18.2 Å². The quantitative estimate of drug-likeness (QED) is 0.841. The molecule has 19 heavy (non-hydrogen) atoms. The lowest BCUT2D eigenvalue weighted by Crippen LogP contribution is -2.33. The fraction of sp³-hybridized carbons (Fsp3) is 0.625. The number of benzene rings is 1. The molecule has 3 aliphatic rings. The number of fused-ring (bicyclic) bond motifs is 1. The van der Waals surface area contributed by atoms with Crippen LogP contribution in [0.4, 0.5) is 0 Å². The minimum absolute atomic E-state index is 0.0992. The molecule has 1 aromatic rings. The van der Waals surface area contributed by atoms with Crippen LogP contribution in [0.2, 0.25) is 0 Å². The largest absolute Gasteiger partial charge is 0.489 e. The van der Waals surface area contributed by atoms with E-state index in [2.05, 4.69) is 30.4 Å². The van der Waals surface area contributed by atoms with Gasteiger partial charge in [-0.2, -0.15) is 0 Å². The van der Waals surface area contributed by atoms with Crippen molar-refractivity contribution in [2.24, 2.45) is 5.41 Å². The third kappa shape index (κ3) is 1.91. The zero-order chi connectivity index (χ0) is 12.9. The highest BCUT2D eigenvalue weighted by atomic mass is 16.5. The van der Waals surface area contributed by atoms with E-state index >= 15 is 0 Å². The molecule has 2 fully saturated rings. The second kappa shape index (κ2) is 3.89. The van der Waals surface area contributed by atoms with E-state index in [1.807, 2.05) is 0 Å². The monoisotopic (exact) mass is 259 g/mol. The van der Waals surface area contributed by atoms with Gasteiger partial charge in [-0.25, -0.2) is 0 Å². The summed E-state index contributed by atoms with van der Waals surface area (Å²) in [5.41, 5.74) is 1.73. The smallest absolute Gasteiger partial charge is 0.161 e. The lowest BCUT2D eigenvalue weighted by atomic mass is 9.90. The van der Waals surface area contributed by atoms with Crippen LogP contribution in [0.1, 0.15) is 38.2 Å². The van der Waals surface area contributed by atoms with Crippen molar-refractivity contribution in [1.82, 2.24) is 5.32 Å². The first-order valence-electron chi connectivity index (χ1n) is 7.34. The van der Waals surface area contributed by atoms with E-state index in [1.54, 1.807) is 0 Å². The predicted molar refractivity (Wildman–Crippen MR) is 73.7 cm³/mol. The summed E-state index contributed by atoms with van der Waals surface area (Å²) in [6.07, 6.45) is 4.92. The first kappa shape index (κ1) is 11.6. The molecule has 0 bridgehead atoms. The molecule has 1 atom stereocenters. The van der Waals surface area contributed by atoms with Crippen molar-refractivity contribution in [3.63, 3.8) is 0 Å². The highest BCUT2D eigenvalue weighted by Gasteiger charge is 2.46. The van der Waals surface area contributed by atoms with Gasteiger partial charge in [-0.15, -0.1) is 0 Å². The van der Waals surface area contributed by atoms with Crippen LogP contribution in [0.25, 0.3) is 0 Å². The molecule has 3 nitrogen and oxygen atoms in total. The number of nitrogens with one attached hydrogen (secondary N) is 1. The van der Waals surface area contributed by atoms with E-state index in [9.17, 15) is 0 Å². The van der Waals surface area contributed by atoms with Gasteiger partial charge in [-0.3, -0.25) is 0 Å². The molecule has 3 heteroatoms. The lowest BCUT2D eigenvalue weighted by molar-refractivity contribution is 0.197. The van der Waals surface area contributed by atoms with Crippen molar-refractivity contribution < 1.29 is 9.47 Å². The summed E-state index contributed by atoms with van der Waals surface area (Å²) in [6.45, 7) is 5.01. The average molecular weight is 259 g/mol. The zero-order valence-electron chi connectivity index (χ0n) is 11.5. The molecule has 2 heterocycles. The highest BCUT2D eigenvalue weighted by molar-refractivity contribution is 5.46. The Kier molecular flexibility index (Phi) is 2.37. The zero-order valence-corrected chi connectivity index (χ0v) is 11.5. The summed E-state index contributed by atoms with van der Waals surface area (Å²) in [6, 6.07) is 6.44. The molecule has 1 saturated carbocycles. The third-order valence-corrected chi connectivity index (χ3v) is 4.97. The van der Waals surface area contributed by atoms with E-state index in [0.29, 0.717) is 5.41 Å². The van der Waals surface area contributed by atoms with Crippen molar-refractivity contribution in [2.75, 3.05) is 19.8 Å². The van der Waals surface area contributed by atoms with Crippen molar-refractivity contribution in [1.29, 1.82) is 0 Å². The Morgan fingerprint density at radius 2 is 1.84 bits per heavy atom. The molecule has 1 saturated heterocycles. The van der Waals surface area contributed by atoms with Crippen LogP contribution < -0.4 is 14.8 Å². The van der Waals surface area contributed by atoms with Gasteiger partial charge < -0.3 is 14.8 Å². The molecular weight excluding hydrogens is 238 g/mol. The Balaban J connectivity index is 1.65. The minimum Gasteiger partial charge on any atom is -0.489 e. The molecule has 1 unspecified atom stereocenters. The molecule has 4 rings (SSSR count). The van der Waals surface area contributed by atoms with Gasteiger partial charge in [-0.1, -0.05) is 6.07 Å². The van der Waals surface area contributed by atoms with Crippen LogP contribution in [0.3, 0.4) is 0 Å². The average Bonchev–Trinajstić information content (AvgIpc) is 3.12. The first-order chi connectivity index (χ1) is 9.19. The van der Waals surface area contributed by atoms with Gasteiger partial charge in [0, 0.05) is 11.0 Å². The Bertz CT molecular complexity index is 501. The standard InChI is InChI=1S/C16H21NO2/c1-15(5-2-8-17-15)12-3-4-13-14(9-12)19-11-16(6-7-16)10-18-13/h3-4,9,17H,2,5-8,10-11H2,1H3. The van der Waals surface area contributed by atoms with Crippen LogP contribution >= 0.6 is 0 Å². The Morgan fingerprint density at radius 3 is 2.53 bits per heavy atom. The number of hydrogen-bond acceptors (Lipinski definition) is 3. The third-order valence-electron chi connectivity index (χ3n) is 4.97. The van der Waals surface area contributed by atoms with E-state index < -0.39 is 0 Å². The van der Waals surface area contributed by atoms with Gasteiger partial charge in [0.05, 0.1) is 13.2 Å². The van der Waals surface area contributed by atoms with E-state index in [4.69, 9.17) is 9.47 Å². The molecule has 1 aliphatic carbocycles. The number of hydrogen-bond donors (Lipinski definition) is 1. The topological polar surface area (TPSA) is 30.5 Å². The Morgan fingerprint density at radius 1 is 1.05 bits per heavy atom. The van der Waals surface area contributed by atoms with Crippen LogP contribution in [0, 0.1) is 5.41 Å². The SMILES string of the molecule is CC1(c2ccc3c(c2)OCC2(CC2)CO3)CCCN1. The summed E-state index contributed by atoms with van der Waals surface area (Å²) in [4.78, 5) is 0. The number of ether oxygens (including phenoxy) is 2. The van der Waals surface area contributed by atoms with Crippen molar-refractivity contribution in [2.45, 2.75) is 38.1 Å². The van der Waals surface area contributed by atoms with E-state index in [-0.39, 0.29) is 5.54 Å². The summed E-state index contributed by atoms with van der Waals surface area (Å²) >= 11 is 0. The first-order valence-corrected chi connectivity index (χ1v) is 7.34. The van der Waals surface area contributed by atoms with Gasteiger partial charge in [0.15, 0.2) is 11.5 Å². The van der Waals surface area contributed by atoms with Crippen molar-refractivity contribution >= 4 is 0 Å². The summed E-state index contributed by atoms with van der Waals surface area (Å²) in [5, 5.41) is 3.60. The normalized spacial score (nSPS) is 31.2. The molecule has 0 amide bonds. The van der Waals surface area contributed by atoms with Crippen molar-refractivity contribution in [3.05, 3.63) is 23.8 Å². The molecule has 1 aromatic carbocycles. The van der Waals surface area contributed by atoms with Gasteiger partial charge in [0.2, 0.25) is 0 Å². The van der Waals surface area contributed by atoms with Crippen molar-refractivity contribution in [3.8, 4) is 11.5 Å². The molecule has 0 aromatic heterocycles. The summed E-state index contributed by atoms with van der Waals surface area (Å²) < 4.78 is 12.0. The summed E-state index contributed by atoms with van der Waals surface area (Å²) in [7, 11) is 0. The van der Waals surface area contributed by atoms with E-state index in [1.165, 1.54) is 31.2 Å². The molecule has 2 aliphatic heterocycles. The van der Waals surface area contributed by atoms with Crippen LogP contribution in [0.5, 0.6) is 11.5 Å². The minimum atomic E-state index is 0.0992. The van der Waals surface area contributed by atoms with Gasteiger partial charge in [0.25, 0.3) is 0 Å². The maximum absolute atomic E-state index is 6.02. The molecular formula is C16H21NO2. The Labute approximate surface area is 114 Å². The summed E-state index contributed by atoms with van der Waals surface area (Å²) in [5.74, 6) is 1.84. The maximum atomic E-state index is 6.02. The Hall–Kier alpha value is -1.22. The molecule has 1 spiro atoms. The second-order valence-electron chi connectivity index (χ2n) is 6.60. The van der Waals surface area contributed by atoms with Crippen LogP contribution in [-0.2, 0) is 5.54 Å². The maximum Gasteiger partial charge on any atom is 0.161 e.